The minimum atomic E-state index is 0.0455. The van der Waals surface area contributed by atoms with E-state index >= 15 is 0 Å². The molecular formula is C17H19ClN2OS. The van der Waals surface area contributed by atoms with Crippen LogP contribution in [-0.2, 0) is 0 Å². The quantitative estimate of drug-likeness (QED) is 0.906. The van der Waals surface area contributed by atoms with Crippen LogP contribution in [-0.4, -0.2) is 35.5 Å². The predicted molar refractivity (Wildman–Crippen MR) is 91.8 cm³/mol. The molecule has 2 aromatic rings. The molecule has 1 aromatic carbocycles. The molecule has 2 aliphatic heterocycles. The van der Waals surface area contributed by atoms with Gasteiger partial charge in [0.25, 0.3) is 5.91 Å². The van der Waals surface area contributed by atoms with Gasteiger partial charge >= 0.3 is 0 Å². The van der Waals surface area contributed by atoms with Crippen molar-refractivity contribution in [2.45, 2.75) is 31.8 Å². The Morgan fingerprint density at radius 2 is 2.23 bits per heavy atom. The molecule has 2 fully saturated rings. The minimum Gasteiger partial charge on any atom is -0.346 e. The number of carbonyl (C=O) groups excluding carboxylic acids is 1. The van der Waals surface area contributed by atoms with Crippen molar-refractivity contribution in [2.24, 2.45) is 5.92 Å². The molecule has 0 saturated carbocycles. The van der Waals surface area contributed by atoms with E-state index in [0.29, 0.717) is 10.9 Å². The van der Waals surface area contributed by atoms with Crippen LogP contribution in [0.2, 0.25) is 5.02 Å². The summed E-state index contributed by atoms with van der Waals surface area (Å²) >= 11 is 7.54. The Bertz CT molecular complexity index is 754. The van der Waals surface area contributed by atoms with Gasteiger partial charge in [-0.1, -0.05) is 17.7 Å². The maximum atomic E-state index is 12.7. The van der Waals surface area contributed by atoms with Crippen molar-refractivity contribution in [3.05, 3.63) is 34.2 Å². The van der Waals surface area contributed by atoms with Gasteiger partial charge in [0.1, 0.15) is 0 Å². The lowest BCUT2D eigenvalue weighted by molar-refractivity contribution is 0.0839. The normalized spacial score (nSPS) is 29.1. The van der Waals surface area contributed by atoms with E-state index in [1.165, 1.54) is 17.8 Å². The van der Waals surface area contributed by atoms with E-state index in [9.17, 15) is 4.79 Å². The topological polar surface area (TPSA) is 32.3 Å². The molecule has 0 spiro atoms. The van der Waals surface area contributed by atoms with Gasteiger partial charge in [0.2, 0.25) is 0 Å². The standard InChI is InChI=1S/C17H19ClN2OS/c1-17(2)15(11-5-6-20(17)9-11)19-16(21)14-7-10-3-4-12(18)8-13(10)22-14/h3-4,7-8,11,15H,5-6,9H2,1-2H3,(H,19,21)/t11?,15-/m0/s1. The zero-order valence-electron chi connectivity index (χ0n) is 12.7. The van der Waals surface area contributed by atoms with Crippen LogP contribution in [0.4, 0.5) is 0 Å². The van der Waals surface area contributed by atoms with Gasteiger partial charge in [0.15, 0.2) is 0 Å². The van der Waals surface area contributed by atoms with Crippen molar-refractivity contribution in [3.63, 3.8) is 0 Å². The lowest BCUT2D eigenvalue weighted by Gasteiger charge is -2.40. The zero-order chi connectivity index (χ0) is 15.5. The van der Waals surface area contributed by atoms with Crippen molar-refractivity contribution in [2.75, 3.05) is 13.1 Å². The molecule has 0 aliphatic carbocycles. The molecule has 1 N–H and O–H groups in total. The summed E-state index contributed by atoms with van der Waals surface area (Å²) < 4.78 is 1.06. The highest BCUT2D eigenvalue weighted by atomic mass is 35.5. The Balaban J connectivity index is 1.59. The third-order valence-electron chi connectivity index (χ3n) is 5.26. The van der Waals surface area contributed by atoms with Crippen molar-refractivity contribution in [1.82, 2.24) is 10.2 Å². The van der Waals surface area contributed by atoms with Crippen molar-refractivity contribution >= 4 is 38.9 Å². The number of rotatable bonds is 2. The fraction of sp³-hybridized carbons (Fsp3) is 0.471. The molecule has 22 heavy (non-hydrogen) atoms. The summed E-state index contributed by atoms with van der Waals surface area (Å²) in [6, 6.07) is 7.96. The van der Waals surface area contributed by atoms with Crippen LogP contribution in [0.1, 0.15) is 29.9 Å². The molecule has 3 heterocycles. The molecule has 1 amide bonds. The third kappa shape index (κ3) is 2.16. The summed E-state index contributed by atoms with van der Waals surface area (Å²) in [4.78, 5) is 15.9. The van der Waals surface area contributed by atoms with Gasteiger partial charge in [-0.25, -0.2) is 0 Å². The van der Waals surface area contributed by atoms with Gasteiger partial charge < -0.3 is 5.32 Å². The van der Waals surface area contributed by atoms with Gasteiger partial charge in [-0.2, -0.15) is 0 Å². The van der Waals surface area contributed by atoms with Crippen molar-refractivity contribution in [1.29, 1.82) is 0 Å². The number of hydrogen-bond acceptors (Lipinski definition) is 3. The van der Waals surface area contributed by atoms with Gasteiger partial charge in [-0.15, -0.1) is 11.3 Å². The summed E-state index contributed by atoms with van der Waals surface area (Å²) in [6.45, 7) is 6.75. The summed E-state index contributed by atoms with van der Waals surface area (Å²) in [5, 5.41) is 5.08. The summed E-state index contributed by atoms with van der Waals surface area (Å²) in [6.07, 6.45) is 1.19. The van der Waals surface area contributed by atoms with E-state index < -0.39 is 0 Å². The van der Waals surface area contributed by atoms with Crippen molar-refractivity contribution < 1.29 is 4.79 Å². The molecule has 2 aliphatic rings. The third-order valence-corrected chi connectivity index (χ3v) is 6.60. The Labute approximate surface area is 139 Å². The molecule has 116 valence electrons. The second-order valence-electron chi connectivity index (χ2n) is 6.89. The zero-order valence-corrected chi connectivity index (χ0v) is 14.3. The van der Waals surface area contributed by atoms with E-state index in [1.54, 1.807) is 0 Å². The first kappa shape index (κ1) is 14.5. The average Bonchev–Trinajstić information content (AvgIpc) is 3.14. The summed E-state index contributed by atoms with van der Waals surface area (Å²) in [7, 11) is 0. The van der Waals surface area contributed by atoms with E-state index in [1.807, 2.05) is 24.3 Å². The Hall–Kier alpha value is -1.10. The van der Waals surface area contributed by atoms with Gasteiger partial charge in [-0.05, 0) is 56.3 Å². The van der Waals surface area contributed by atoms with E-state index in [2.05, 4.69) is 24.1 Å². The highest BCUT2D eigenvalue weighted by molar-refractivity contribution is 7.20. The van der Waals surface area contributed by atoms with E-state index in [0.717, 1.165) is 28.1 Å². The summed E-state index contributed by atoms with van der Waals surface area (Å²) in [5.74, 6) is 0.631. The molecule has 2 bridgehead atoms. The molecule has 0 radical (unpaired) electrons. The monoisotopic (exact) mass is 334 g/mol. The average molecular weight is 335 g/mol. The second-order valence-corrected chi connectivity index (χ2v) is 8.41. The Kier molecular flexibility index (Phi) is 3.26. The molecule has 5 heteroatoms. The van der Waals surface area contributed by atoms with E-state index in [-0.39, 0.29) is 17.5 Å². The second kappa shape index (κ2) is 4.95. The van der Waals surface area contributed by atoms with Crippen LogP contribution in [0.5, 0.6) is 0 Å². The van der Waals surface area contributed by atoms with E-state index in [4.69, 9.17) is 11.6 Å². The number of carbonyl (C=O) groups is 1. The number of fused-ring (bicyclic) bond motifs is 3. The highest BCUT2D eigenvalue weighted by Crippen LogP contribution is 2.40. The van der Waals surface area contributed by atoms with Crippen LogP contribution >= 0.6 is 22.9 Å². The fourth-order valence-corrected chi connectivity index (χ4v) is 5.22. The highest BCUT2D eigenvalue weighted by Gasteiger charge is 2.51. The fourth-order valence-electron chi connectivity index (χ4n) is 3.98. The van der Waals surface area contributed by atoms with Gasteiger partial charge in [0.05, 0.1) is 10.9 Å². The smallest absolute Gasteiger partial charge is 0.261 e. The number of halogens is 1. The largest absolute Gasteiger partial charge is 0.346 e. The van der Waals surface area contributed by atoms with Crippen molar-refractivity contribution in [3.8, 4) is 0 Å². The van der Waals surface area contributed by atoms with Crippen LogP contribution < -0.4 is 5.32 Å². The van der Waals surface area contributed by atoms with Crippen LogP contribution in [0.3, 0.4) is 0 Å². The maximum absolute atomic E-state index is 12.7. The maximum Gasteiger partial charge on any atom is 0.261 e. The number of benzene rings is 1. The first-order valence-corrected chi connectivity index (χ1v) is 8.89. The molecular weight excluding hydrogens is 316 g/mol. The molecule has 2 unspecified atom stereocenters. The molecule has 4 rings (SSSR count). The number of thiophene rings is 1. The molecule has 1 aromatic heterocycles. The number of piperidine rings is 1. The first-order valence-electron chi connectivity index (χ1n) is 7.70. The Morgan fingerprint density at radius 1 is 1.41 bits per heavy atom. The molecule has 3 atom stereocenters. The SMILES string of the molecule is CC1(C)[C@@H](NC(=O)c2cc3ccc(Cl)cc3s2)C2CCN1C2. The number of hydrogen-bond donors (Lipinski definition) is 1. The minimum absolute atomic E-state index is 0.0455. The molecule has 2 saturated heterocycles. The van der Waals surface area contributed by atoms with Crippen LogP contribution in [0.15, 0.2) is 24.3 Å². The van der Waals surface area contributed by atoms with Crippen LogP contribution in [0, 0.1) is 5.92 Å². The Morgan fingerprint density at radius 3 is 2.95 bits per heavy atom. The molecule has 3 nitrogen and oxygen atoms in total. The van der Waals surface area contributed by atoms with Gasteiger partial charge in [0, 0.05) is 21.8 Å². The first-order chi connectivity index (χ1) is 10.4. The number of amides is 1. The lowest BCUT2D eigenvalue weighted by atomic mass is 9.85. The number of nitrogens with one attached hydrogen (secondary N) is 1. The summed E-state index contributed by atoms with van der Waals surface area (Å²) in [5.41, 5.74) is 0.0541. The van der Waals surface area contributed by atoms with Crippen LogP contribution in [0.25, 0.3) is 10.1 Å². The van der Waals surface area contributed by atoms with Gasteiger partial charge in [-0.3, -0.25) is 9.69 Å². The predicted octanol–water partition coefficient (Wildman–Crippen LogP) is 3.77. The number of nitrogens with zero attached hydrogens (tertiary/aromatic N) is 1. The lowest BCUT2D eigenvalue weighted by Crippen LogP contribution is -2.56.